The smallest absolute Gasteiger partial charge is 0.256 e. The molecule has 0 bridgehead atoms. The highest BCUT2D eigenvalue weighted by Crippen LogP contribution is 2.29. The summed E-state index contributed by atoms with van der Waals surface area (Å²) in [4.78, 5) is 24.4. The first-order chi connectivity index (χ1) is 16.7. The van der Waals surface area contributed by atoms with Crippen molar-refractivity contribution in [3.8, 4) is 11.1 Å². The van der Waals surface area contributed by atoms with Crippen LogP contribution in [-0.4, -0.2) is 20.8 Å². The van der Waals surface area contributed by atoms with Crippen LogP contribution in [0.1, 0.15) is 27.2 Å². The topological polar surface area (TPSA) is 46.1 Å². The van der Waals surface area contributed by atoms with Gasteiger partial charge >= 0.3 is 0 Å². The van der Waals surface area contributed by atoms with Gasteiger partial charge < -0.3 is 4.90 Å². The van der Waals surface area contributed by atoms with Crippen molar-refractivity contribution < 1.29 is 4.79 Å². The zero-order valence-corrected chi connectivity index (χ0v) is 19.1. The predicted molar refractivity (Wildman–Crippen MR) is 136 cm³/mol. The van der Waals surface area contributed by atoms with Gasteiger partial charge in [0.05, 0.1) is 17.8 Å². The molecule has 3 aromatic carbocycles. The summed E-state index contributed by atoms with van der Waals surface area (Å²) in [7, 11) is 0. The number of nitrogens with zero attached hydrogens (tertiary/aromatic N) is 3. The molecule has 2 aromatic heterocycles. The molecule has 0 saturated heterocycles. The number of hydrogen-bond acceptors (Lipinski definition) is 3. The Hall–Kier alpha value is -4.31. The lowest BCUT2D eigenvalue weighted by Gasteiger charge is -2.23. The van der Waals surface area contributed by atoms with Crippen molar-refractivity contribution in [1.29, 1.82) is 0 Å². The van der Waals surface area contributed by atoms with Gasteiger partial charge in [0.25, 0.3) is 5.91 Å². The van der Waals surface area contributed by atoms with Crippen molar-refractivity contribution in [3.05, 3.63) is 132 Å². The monoisotopic (exact) mass is 443 g/mol. The van der Waals surface area contributed by atoms with E-state index in [2.05, 4.69) is 65.4 Å². The Bertz CT molecular complexity index is 1420. The number of fused-ring (bicyclic) bond motifs is 1. The van der Waals surface area contributed by atoms with Gasteiger partial charge in [0.2, 0.25) is 0 Å². The highest BCUT2D eigenvalue weighted by molar-refractivity contribution is 5.99. The van der Waals surface area contributed by atoms with Crippen molar-refractivity contribution in [3.63, 3.8) is 0 Å². The van der Waals surface area contributed by atoms with Crippen molar-refractivity contribution in [2.75, 3.05) is 0 Å². The summed E-state index contributed by atoms with van der Waals surface area (Å²) in [5.74, 6) is -0.0687. The lowest BCUT2D eigenvalue weighted by Crippen LogP contribution is -2.30. The Balaban J connectivity index is 1.50. The highest BCUT2D eigenvalue weighted by Gasteiger charge is 2.19. The number of hydrogen-bond donors (Lipinski definition) is 0. The first-order valence-electron chi connectivity index (χ1n) is 11.4. The summed E-state index contributed by atoms with van der Waals surface area (Å²) in [6, 6.07) is 30.5. The van der Waals surface area contributed by atoms with Crippen LogP contribution in [0.3, 0.4) is 0 Å². The molecule has 4 nitrogen and oxygen atoms in total. The summed E-state index contributed by atoms with van der Waals surface area (Å²) in [5, 5.41) is 2.30. The lowest BCUT2D eigenvalue weighted by atomic mass is 9.98. The van der Waals surface area contributed by atoms with Crippen LogP contribution >= 0.6 is 0 Å². The Morgan fingerprint density at radius 1 is 0.824 bits per heavy atom. The van der Waals surface area contributed by atoms with Crippen molar-refractivity contribution in [1.82, 2.24) is 14.9 Å². The second-order valence-electron chi connectivity index (χ2n) is 8.46. The van der Waals surface area contributed by atoms with Crippen LogP contribution in [0.15, 0.2) is 110 Å². The molecule has 0 saturated carbocycles. The Morgan fingerprint density at radius 2 is 1.62 bits per heavy atom. The molecule has 0 atom stereocenters. The second-order valence-corrected chi connectivity index (χ2v) is 8.46. The van der Waals surface area contributed by atoms with Crippen LogP contribution in [0.25, 0.3) is 21.9 Å². The first kappa shape index (κ1) is 21.5. The van der Waals surface area contributed by atoms with Gasteiger partial charge in [0, 0.05) is 30.7 Å². The zero-order valence-electron chi connectivity index (χ0n) is 19.1. The van der Waals surface area contributed by atoms with Gasteiger partial charge in [-0.2, -0.15) is 0 Å². The molecule has 0 aliphatic heterocycles. The van der Waals surface area contributed by atoms with E-state index in [1.54, 1.807) is 12.4 Å². The zero-order chi connectivity index (χ0) is 23.3. The van der Waals surface area contributed by atoms with Gasteiger partial charge in [-0.25, -0.2) is 0 Å². The van der Waals surface area contributed by atoms with Gasteiger partial charge in [-0.05, 0) is 47.0 Å². The highest BCUT2D eigenvalue weighted by atomic mass is 16.2. The number of aryl methyl sites for hydroxylation is 1. The second kappa shape index (κ2) is 9.67. The van der Waals surface area contributed by atoms with Crippen molar-refractivity contribution >= 4 is 16.7 Å². The van der Waals surface area contributed by atoms with E-state index < -0.39 is 0 Å². The van der Waals surface area contributed by atoms with E-state index in [0.717, 1.165) is 33.2 Å². The molecule has 0 fully saturated rings. The average molecular weight is 444 g/mol. The summed E-state index contributed by atoms with van der Waals surface area (Å²) in [5.41, 5.74) is 5.67. The largest absolute Gasteiger partial charge is 0.328 e. The number of rotatable bonds is 6. The maximum absolute atomic E-state index is 13.7. The Labute approximate surface area is 199 Å². The molecule has 0 spiro atoms. The van der Waals surface area contributed by atoms with Crippen LogP contribution in [0.2, 0.25) is 0 Å². The van der Waals surface area contributed by atoms with Crippen LogP contribution in [0, 0.1) is 6.92 Å². The molecular formula is C30H25N3O. The van der Waals surface area contributed by atoms with Crippen LogP contribution in [0.4, 0.5) is 0 Å². The minimum Gasteiger partial charge on any atom is -0.328 e. The summed E-state index contributed by atoms with van der Waals surface area (Å²) >= 11 is 0. The van der Waals surface area contributed by atoms with Crippen molar-refractivity contribution in [2.24, 2.45) is 0 Å². The molecule has 0 unspecified atom stereocenters. The molecule has 0 aliphatic rings. The third kappa shape index (κ3) is 4.71. The quantitative estimate of drug-likeness (QED) is 0.303. The standard InChI is InChI=1S/C30H25N3O/c1-22-12-14-23(15-13-22)20-33(21-27-9-4-5-16-32-27)30(34)26-17-25(18-31-19-26)29-11-6-8-24-7-2-3-10-28(24)29/h2-19H,20-21H2,1H3. The molecule has 5 aromatic rings. The van der Waals surface area contributed by atoms with Crippen LogP contribution in [0.5, 0.6) is 0 Å². The third-order valence-corrected chi connectivity index (χ3v) is 5.95. The minimum atomic E-state index is -0.0687. The number of carbonyl (C=O) groups is 1. The molecule has 0 aliphatic carbocycles. The fourth-order valence-electron chi connectivity index (χ4n) is 4.16. The lowest BCUT2D eigenvalue weighted by molar-refractivity contribution is 0.0727. The average Bonchev–Trinajstić information content (AvgIpc) is 2.89. The Morgan fingerprint density at radius 3 is 2.44 bits per heavy atom. The SMILES string of the molecule is Cc1ccc(CN(Cc2ccccn2)C(=O)c2cncc(-c3cccc4ccccc34)c2)cc1. The number of benzene rings is 3. The van der Waals surface area contributed by atoms with E-state index in [1.165, 1.54) is 5.56 Å². The molecule has 34 heavy (non-hydrogen) atoms. The molecule has 166 valence electrons. The first-order valence-corrected chi connectivity index (χ1v) is 11.4. The fraction of sp³-hybridized carbons (Fsp3) is 0.100. The molecule has 0 N–H and O–H groups in total. The number of amides is 1. The maximum Gasteiger partial charge on any atom is 0.256 e. The van der Waals surface area contributed by atoms with E-state index >= 15 is 0 Å². The summed E-state index contributed by atoms with van der Waals surface area (Å²) in [6.07, 6.45) is 5.23. The van der Waals surface area contributed by atoms with E-state index in [-0.39, 0.29) is 5.91 Å². The van der Waals surface area contributed by atoms with Crippen LogP contribution < -0.4 is 0 Å². The number of pyridine rings is 2. The van der Waals surface area contributed by atoms with E-state index in [9.17, 15) is 4.79 Å². The summed E-state index contributed by atoms with van der Waals surface area (Å²) < 4.78 is 0. The van der Waals surface area contributed by atoms with Gasteiger partial charge in [-0.1, -0.05) is 78.4 Å². The van der Waals surface area contributed by atoms with Gasteiger partial charge in [-0.3, -0.25) is 14.8 Å². The molecule has 0 radical (unpaired) electrons. The fourth-order valence-corrected chi connectivity index (χ4v) is 4.16. The molecule has 1 amide bonds. The summed E-state index contributed by atoms with van der Waals surface area (Å²) in [6.45, 7) is 2.98. The third-order valence-electron chi connectivity index (χ3n) is 5.95. The van der Waals surface area contributed by atoms with Gasteiger partial charge in [0.1, 0.15) is 0 Å². The minimum absolute atomic E-state index is 0.0687. The van der Waals surface area contributed by atoms with E-state index in [0.29, 0.717) is 18.7 Å². The maximum atomic E-state index is 13.7. The predicted octanol–water partition coefficient (Wildman–Crippen LogP) is 6.45. The molecule has 2 heterocycles. The number of carbonyl (C=O) groups excluding carboxylic acids is 1. The van der Waals surface area contributed by atoms with E-state index in [4.69, 9.17) is 0 Å². The number of aromatic nitrogens is 2. The molecule has 5 rings (SSSR count). The van der Waals surface area contributed by atoms with Gasteiger partial charge in [0.15, 0.2) is 0 Å². The molecule has 4 heteroatoms. The van der Waals surface area contributed by atoms with E-state index in [1.807, 2.05) is 53.6 Å². The van der Waals surface area contributed by atoms with Crippen LogP contribution in [-0.2, 0) is 13.1 Å². The molecular weight excluding hydrogens is 418 g/mol. The van der Waals surface area contributed by atoms with Gasteiger partial charge in [-0.15, -0.1) is 0 Å². The normalized spacial score (nSPS) is 10.9. The Kier molecular flexibility index (Phi) is 6.13. The van der Waals surface area contributed by atoms with Crippen molar-refractivity contribution in [2.45, 2.75) is 20.0 Å².